The fraction of sp³-hybridized carbons (Fsp3) is 0.357. The van der Waals surface area contributed by atoms with Crippen molar-refractivity contribution in [3.05, 3.63) is 51.7 Å². The van der Waals surface area contributed by atoms with Crippen molar-refractivity contribution in [2.45, 2.75) is 33.4 Å². The molecule has 106 valence electrons. The highest BCUT2D eigenvalue weighted by Gasteiger charge is 2.12. The van der Waals surface area contributed by atoms with Gasteiger partial charge in [0, 0.05) is 12.7 Å². The van der Waals surface area contributed by atoms with E-state index in [2.05, 4.69) is 5.10 Å². The number of nitrogens with zero attached hydrogens (tertiary/aromatic N) is 3. The van der Waals surface area contributed by atoms with E-state index in [1.807, 2.05) is 24.6 Å². The SMILES string of the molecule is CCc1cc(Cn2cccc(C(=O)O)c2=O)n(CC)n1. The van der Waals surface area contributed by atoms with E-state index in [1.54, 1.807) is 12.3 Å². The fourth-order valence-corrected chi connectivity index (χ4v) is 2.09. The van der Waals surface area contributed by atoms with Crippen LogP contribution in [-0.4, -0.2) is 25.4 Å². The van der Waals surface area contributed by atoms with Crippen molar-refractivity contribution in [1.29, 1.82) is 0 Å². The van der Waals surface area contributed by atoms with Gasteiger partial charge in [0.15, 0.2) is 0 Å². The number of carbonyl (C=O) groups is 1. The van der Waals surface area contributed by atoms with Gasteiger partial charge in [0.1, 0.15) is 5.56 Å². The summed E-state index contributed by atoms with van der Waals surface area (Å²) in [5.41, 5.74) is 1.14. The first kappa shape index (κ1) is 14.0. The zero-order chi connectivity index (χ0) is 14.7. The summed E-state index contributed by atoms with van der Waals surface area (Å²) < 4.78 is 3.23. The molecule has 2 heterocycles. The third-order valence-electron chi connectivity index (χ3n) is 3.16. The molecule has 0 spiro atoms. The number of aromatic carboxylic acids is 1. The van der Waals surface area contributed by atoms with E-state index >= 15 is 0 Å². The number of hydrogen-bond donors (Lipinski definition) is 1. The lowest BCUT2D eigenvalue weighted by Crippen LogP contribution is -2.26. The molecule has 2 aromatic heterocycles. The Labute approximate surface area is 116 Å². The number of hydrogen-bond acceptors (Lipinski definition) is 3. The summed E-state index contributed by atoms with van der Waals surface area (Å²) in [6.45, 7) is 5.03. The van der Waals surface area contributed by atoms with Crippen LogP contribution in [0.4, 0.5) is 0 Å². The van der Waals surface area contributed by atoms with Crippen LogP contribution in [-0.2, 0) is 19.5 Å². The van der Waals surface area contributed by atoms with E-state index in [-0.39, 0.29) is 5.56 Å². The summed E-state index contributed by atoms with van der Waals surface area (Å²) in [4.78, 5) is 23.0. The maximum atomic E-state index is 12.0. The zero-order valence-corrected chi connectivity index (χ0v) is 11.5. The lowest BCUT2D eigenvalue weighted by atomic mass is 10.2. The van der Waals surface area contributed by atoms with Crippen molar-refractivity contribution in [2.75, 3.05) is 0 Å². The van der Waals surface area contributed by atoms with Gasteiger partial charge >= 0.3 is 5.97 Å². The number of aromatic nitrogens is 3. The zero-order valence-electron chi connectivity index (χ0n) is 11.5. The third kappa shape index (κ3) is 2.64. The van der Waals surface area contributed by atoms with E-state index in [1.165, 1.54) is 10.6 Å². The Morgan fingerprint density at radius 1 is 1.40 bits per heavy atom. The average molecular weight is 275 g/mol. The second-order valence-corrected chi connectivity index (χ2v) is 4.46. The Morgan fingerprint density at radius 2 is 2.15 bits per heavy atom. The molecule has 0 aliphatic heterocycles. The predicted molar refractivity (Wildman–Crippen MR) is 74.0 cm³/mol. The van der Waals surface area contributed by atoms with Crippen LogP contribution in [0.15, 0.2) is 29.2 Å². The van der Waals surface area contributed by atoms with E-state index in [0.717, 1.165) is 17.8 Å². The fourth-order valence-electron chi connectivity index (χ4n) is 2.09. The van der Waals surface area contributed by atoms with Crippen LogP contribution in [0.25, 0.3) is 0 Å². The van der Waals surface area contributed by atoms with Gasteiger partial charge in [0.25, 0.3) is 5.56 Å². The quantitative estimate of drug-likeness (QED) is 0.894. The van der Waals surface area contributed by atoms with Gasteiger partial charge < -0.3 is 9.67 Å². The van der Waals surface area contributed by atoms with Crippen molar-refractivity contribution in [3.8, 4) is 0 Å². The lowest BCUT2D eigenvalue weighted by molar-refractivity contribution is 0.0694. The Kier molecular flexibility index (Phi) is 4.02. The van der Waals surface area contributed by atoms with E-state index < -0.39 is 11.5 Å². The molecule has 0 aliphatic rings. The van der Waals surface area contributed by atoms with E-state index in [0.29, 0.717) is 13.1 Å². The molecule has 6 nitrogen and oxygen atoms in total. The highest BCUT2D eigenvalue weighted by atomic mass is 16.4. The van der Waals surface area contributed by atoms with Gasteiger partial charge in [-0.1, -0.05) is 6.92 Å². The lowest BCUT2D eigenvalue weighted by Gasteiger charge is -2.08. The van der Waals surface area contributed by atoms with Crippen LogP contribution < -0.4 is 5.56 Å². The summed E-state index contributed by atoms with van der Waals surface area (Å²) >= 11 is 0. The Morgan fingerprint density at radius 3 is 2.75 bits per heavy atom. The standard InChI is InChI=1S/C14H17N3O3/c1-3-10-8-11(17(4-2)15-10)9-16-7-5-6-12(13(16)18)14(19)20/h5-8H,3-4,9H2,1-2H3,(H,19,20). The Hall–Kier alpha value is -2.37. The minimum atomic E-state index is -1.21. The Balaban J connectivity index is 2.40. The highest BCUT2D eigenvalue weighted by molar-refractivity contribution is 5.86. The number of carboxylic acid groups (broad SMARTS) is 1. The van der Waals surface area contributed by atoms with Crippen molar-refractivity contribution in [3.63, 3.8) is 0 Å². The molecule has 6 heteroatoms. The molecule has 0 aromatic carbocycles. The van der Waals surface area contributed by atoms with Gasteiger partial charge in [0.05, 0.1) is 17.9 Å². The van der Waals surface area contributed by atoms with Crippen LogP contribution in [0.5, 0.6) is 0 Å². The number of rotatable bonds is 5. The first-order valence-corrected chi connectivity index (χ1v) is 6.55. The number of pyridine rings is 1. The normalized spacial score (nSPS) is 10.7. The molecule has 20 heavy (non-hydrogen) atoms. The summed E-state index contributed by atoms with van der Waals surface area (Å²) in [7, 11) is 0. The number of carboxylic acids is 1. The summed E-state index contributed by atoms with van der Waals surface area (Å²) in [5, 5.41) is 13.4. The summed E-state index contributed by atoms with van der Waals surface area (Å²) in [6.07, 6.45) is 2.41. The molecule has 0 aliphatic carbocycles. The minimum absolute atomic E-state index is 0.217. The van der Waals surface area contributed by atoms with Gasteiger partial charge in [-0.05, 0) is 31.5 Å². The molecule has 0 saturated heterocycles. The van der Waals surface area contributed by atoms with Crippen molar-refractivity contribution in [2.24, 2.45) is 0 Å². The number of aryl methyl sites for hydroxylation is 2. The van der Waals surface area contributed by atoms with Gasteiger partial charge in [-0.25, -0.2) is 4.79 Å². The second-order valence-electron chi connectivity index (χ2n) is 4.46. The van der Waals surface area contributed by atoms with Crippen LogP contribution in [0.1, 0.15) is 35.6 Å². The van der Waals surface area contributed by atoms with Crippen molar-refractivity contribution in [1.82, 2.24) is 14.3 Å². The van der Waals surface area contributed by atoms with Gasteiger partial charge in [-0.3, -0.25) is 9.48 Å². The molecule has 2 aromatic rings. The second kappa shape index (κ2) is 5.73. The monoisotopic (exact) mass is 275 g/mol. The molecule has 0 unspecified atom stereocenters. The minimum Gasteiger partial charge on any atom is -0.477 e. The topological polar surface area (TPSA) is 77.1 Å². The molecular formula is C14H17N3O3. The van der Waals surface area contributed by atoms with Gasteiger partial charge in [0.2, 0.25) is 0 Å². The molecule has 0 atom stereocenters. The molecule has 0 fully saturated rings. The van der Waals surface area contributed by atoms with E-state index in [4.69, 9.17) is 5.11 Å². The molecule has 1 N–H and O–H groups in total. The smallest absolute Gasteiger partial charge is 0.341 e. The maximum absolute atomic E-state index is 12.0. The Bertz CT molecular complexity index is 685. The molecular weight excluding hydrogens is 258 g/mol. The molecule has 2 rings (SSSR count). The maximum Gasteiger partial charge on any atom is 0.341 e. The van der Waals surface area contributed by atoms with Crippen LogP contribution in [0.3, 0.4) is 0 Å². The van der Waals surface area contributed by atoms with E-state index in [9.17, 15) is 9.59 Å². The predicted octanol–water partition coefficient (Wildman–Crippen LogP) is 1.37. The van der Waals surface area contributed by atoms with Gasteiger partial charge in [-0.2, -0.15) is 5.10 Å². The molecule has 0 bridgehead atoms. The van der Waals surface area contributed by atoms with Crippen LogP contribution >= 0.6 is 0 Å². The highest BCUT2D eigenvalue weighted by Crippen LogP contribution is 2.07. The van der Waals surface area contributed by atoms with Gasteiger partial charge in [-0.15, -0.1) is 0 Å². The molecule has 0 saturated carbocycles. The van der Waals surface area contributed by atoms with Crippen molar-refractivity contribution < 1.29 is 9.90 Å². The first-order chi connectivity index (χ1) is 9.56. The van der Waals surface area contributed by atoms with Crippen LogP contribution in [0.2, 0.25) is 0 Å². The summed E-state index contributed by atoms with van der Waals surface area (Å²) in [5.74, 6) is -1.21. The third-order valence-corrected chi connectivity index (χ3v) is 3.16. The largest absolute Gasteiger partial charge is 0.477 e. The molecule has 0 amide bonds. The first-order valence-electron chi connectivity index (χ1n) is 6.55. The molecule has 0 radical (unpaired) electrons. The van der Waals surface area contributed by atoms with Crippen LogP contribution in [0, 0.1) is 0 Å². The van der Waals surface area contributed by atoms with Crippen molar-refractivity contribution >= 4 is 5.97 Å². The average Bonchev–Trinajstić information content (AvgIpc) is 2.83. The summed E-state index contributed by atoms with van der Waals surface area (Å²) in [6, 6.07) is 4.83.